The van der Waals surface area contributed by atoms with E-state index < -0.39 is 0 Å². The molecule has 3 aromatic rings. The summed E-state index contributed by atoms with van der Waals surface area (Å²) in [6.45, 7) is 8.37. The van der Waals surface area contributed by atoms with Crippen LogP contribution in [0, 0.1) is 13.8 Å². The predicted molar refractivity (Wildman–Crippen MR) is 118 cm³/mol. The van der Waals surface area contributed by atoms with Crippen LogP contribution < -0.4 is 5.56 Å². The zero-order valence-corrected chi connectivity index (χ0v) is 18.3. The van der Waals surface area contributed by atoms with Crippen LogP contribution in [0.3, 0.4) is 0 Å². The quantitative estimate of drug-likeness (QED) is 0.639. The zero-order valence-electron chi connectivity index (χ0n) is 17.4. The maximum Gasteiger partial charge on any atom is 0.263 e. The van der Waals surface area contributed by atoms with E-state index in [0.717, 1.165) is 30.4 Å². The van der Waals surface area contributed by atoms with Crippen molar-refractivity contribution in [3.63, 3.8) is 0 Å². The van der Waals surface area contributed by atoms with Crippen LogP contribution in [0.15, 0.2) is 34.7 Å². The highest BCUT2D eigenvalue weighted by Crippen LogP contribution is 2.31. The van der Waals surface area contributed by atoms with Crippen LogP contribution in [0.25, 0.3) is 21.3 Å². The molecule has 0 saturated carbocycles. The number of nitrogens with zero attached hydrogens (tertiary/aromatic N) is 3. The highest BCUT2D eigenvalue weighted by molar-refractivity contribution is 7.17. The topological polar surface area (TPSA) is 55.2 Å². The number of piperidine rings is 1. The first-order valence-corrected chi connectivity index (χ1v) is 11.1. The van der Waals surface area contributed by atoms with Gasteiger partial charge < -0.3 is 4.90 Å². The lowest BCUT2D eigenvalue weighted by Crippen LogP contribution is -2.49. The number of rotatable bonds is 3. The Morgan fingerprint density at radius 2 is 1.90 bits per heavy atom. The minimum atomic E-state index is -0.143. The molecular weight excluding hydrogens is 382 g/mol. The van der Waals surface area contributed by atoms with Gasteiger partial charge in [0.05, 0.1) is 11.7 Å². The molecule has 4 rings (SSSR count). The molecule has 1 fully saturated rings. The van der Waals surface area contributed by atoms with Crippen molar-refractivity contribution in [2.45, 2.75) is 65.6 Å². The Balaban J connectivity index is 1.71. The summed E-state index contributed by atoms with van der Waals surface area (Å²) in [6.07, 6.45) is 4.70. The summed E-state index contributed by atoms with van der Waals surface area (Å²) < 4.78 is 1.47. The Hall–Kier alpha value is -2.47. The number of carbonyl (C=O) groups excluding carboxylic acids is 1. The molecular formula is C23H27N3O2S. The van der Waals surface area contributed by atoms with Crippen molar-refractivity contribution in [3.8, 4) is 11.1 Å². The third-order valence-corrected chi connectivity index (χ3v) is 7.05. The summed E-state index contributed by atoms with van der Waals surface area (Å²) in [7, 11) is 0. The number of aromatic nitrogens is 2. The van der Waals surface area contributed by atoms with Gasteiger partial charge in [-0.25, -0.2) is 4.98 Å². The maximum atomic E-state index is 13.3. The highest BCUT2D eigenvalue weighted by atomic mass is 32.1. The van der Waals surface area contributed by atoms with Gasteiger partial charge >= 0.3 is 0 Å². The van der Waals surface area contributed by atoms with E-state index in [9.17, 15) is 9.59 Å². The third kappa shape index (κ3) is 3.62. The molecule has 0 unspecified atom stereocenters. The second kappa shape index (κ2) is 7.75. The number of fused-ring (bicyclic) bond motifs is 1. The first kappa shape index (κ1) is 19.8. The van der Waals surface area contributed by atoms with Gasteiger partial charge in [-0.15, -0.1) is 11.3 Å². The number of hydrogen-bond acceptors (Lipinski definition) is 4. The summed E-state index contributed by atoms with van der Waals surface area (Å²) in [4.78, 5) is 33.4. The Kier molecular flexibility index (Phi) is 5.30. The van der Waals surface area contributed by atoms with Crippen molar-refractivity contribution >= 4 is 27.5 Å². The SMILES string of the molecule is Cc1ccc(-c2csc3ncn(CC(=O)N4[C@H](C)CCC[C@H]4C)c(=O)c23)cc1C. The fourth-order valence-electron chi connectivity index (χ4n) is 4.34. The first-order chi connectivity index (χ1) is 13.9. The van der Waals surface area contributed by atoms with Crippen molar-refractivity contribution in [1.29, 1.82) is 0 Å². The normalized spacial score (nSPS) is 19.7. The van der Waals surface area contributed by atoms with Gasteiger partial charge in [0.25, 0.3) is 5.56 Å². The summed E-state index contributed by atoms with van der Waals surface area (Å²) in [5.41, 5.74) is 4.18. The Labute approximate surface area is 175 Å². The van der Waals surface area contributed by atoms with Gasteiger partial charge in [-0.05, 0) is 63.6 Å². The molecule has 29 heavy (non-hydrogen) atoms. The molecule has 2 atom stereocenters. The number of aryl methyl sites for hydroxylation is 2. The molecule has 0 N–H and O–H groups in total. The number of amides is 1. The molecule has 0 radical (unpaired) electrons. The van der Waals surface area contributed by atoms with E-state index in [1.54, 1.807) is 0 Å². The standard InChI is InChI=1S/C23H27N3O2S/c1-14-8-9-18(10-15(14)2)19-12-29-22-21(19)23(28)25(13-24-22)11-20(27)26-16(3)6-5-7-17(26)4/h8-10,12-13,16-17H,5-7,11H2,1-4H3/t16-,17-/m1/s1. The molecule has 0 aliphatic carbocycles. The summed E-state index contributed by atoms with van der Waals surface area (Å²) >= 11 is 1.47. The third-order valence-electron chi connectivity index (χ3n) is 6.17. The largest absolute Gasteiger partial charge is 0.336 e. The van der Waals surface area contributed by atoms with Crippen molar-refractivity contribution in [2.75, 3.05) is 0 Å². The average Bonchev–Trinajstić information content (AvgIpc) is 3.11. The van der Waals surface area contributed by atoms with E-state index >= 15 is 0 Å². The van der Waals surface area contributed by atoms with Gasteiger partial charge in [0.1, 0.15) is 11.4 Å². The molecule has 152 valence electrons. The molecule has 5 nitrogen and oxygen atoms in total. The van der Waals surface area contributed by atoms with Gasteiger partial charge in [-0.1, -0.05) is 18.2 Å². The van der Waals surface area contributed by atoms with E-state index in [-0.39, 0.29) is 30.1 Å². The van der Waals surface area contributed by atoms with Crippen LogP contribution in [0.5, 0.6) is 0 Å². The minimum Gasteiger partial charge on any atom is -0.336 e. The monoisotopic (exact) mass is 409 g/mol. The number of thiophene rings is 1. The fraction of sp³-hybridized carbons (Fsp3) is 0.435. The summed E-state index contributed by atoms with van der Waals surface area (Å²) in [5, 5.41) is 2.60. The molecule has 6 heteroatoms. The molecule has 0 bridgehead atoms. The lowest BCUT2D eigenvalue weighted by Gasteiger charge is -2.39. The number of benzene rings is 1. The summed E-state index contributed by atoms with van der Waals surface area (Å²) in [5.74, 6) is -0.00379. The van der Waals surface area contributed by atoms with Crippen LogP contribution in [-0.2, 0) is 11.3 Å². The first-order valence-electron chi connectivity index (χ1n) is 10.2. The highest BCUT2D eigenvalue weighted by Gasteiger charge is 2.29. The minimum absolute atomic E-state index is 0.00379. The molecule has 1 saturated heterocycles. The van der Waals surface area contributed by atoms with Gasteiger partial charge in [-0.3, -0.25) is 14.2 Å². The van der Waals surface area contributed by atoms with Crippen molar-refractivity contribution in [2.24, 2.45) is 0 Å². The van der Waals surface area contributed by atoms with Gasteiger partial charge in [0.15, 0.2) is 0 Å². The molecule has 3 heterocycles. The summed E-state index contributed by atoms with van der Waals surface area (Å²) in [6, 6.07) is 6.65. The lowest BCUT2D eigenvalue weighted by atomic mass is 9.97. The van der Waals surface area contributed by atoms with Crippen molar-refractivity contribution < 1.29 is 4.79 Å². The zero-order chi connectivity index (χ0) is 20.7. The Morgan fingerprint density at radius 3 is 2.59 bits per heavy atom. The molecule has 2 aromatic heterocycles. The molecule has 1 amide bonds. The number of likely N-dealkylation sites (tertiary alicyclic amines) is 1. The number of hydrogen-bond donors (Lipinski definition) is 0. The average molecular weight is 410 g/mol. The Bertz CT molecular complexity index is 1120. The van der Waals surface area contributed by atoms with Crippen LogP contribution >= 0.6 is 11.3 Å². The van der Waals surface area contributed by atoms with Crippen LogP contribution in [0.2, 0.25) is 0 Å². The maximum absolute atomic E-state index is 13.3. The van der Waals surface area contributed by atoms with E-state index in [1.165, 1.54) is 33.4 Å². The second-order valence-corrected chi connectivity index (χ2v) is 9.09. The van der Waals surface area contributed by atoms with Crippen LogP contribution in [0.1, 0.15) is 44.2 Å². The number of carbonyl (C=O) groups is 1. The van der Waals surface area contributed by atoms with Crippen molar-refractivity contribution in [1.82, 2.24) is 14.5 Å². The Morgan fingerprint density at radius 1 is 1.17 bits per heavy atom. The predicted octanol–water partition coefficient (Wildman–Crippen LogP) is 4.53. The van der Waals surface area contributed by atoms with Gasteiger partial charge in [0, 0.05) is 23.0 Å². The van der Waals surface area contributed by atoms with E-state index in [1.807, 2.05) is 16.3 Å². The van der Waals surface area contributed by atoms with Crippen LogP contribution in [0.4, 0.5) is 0 Å². The second-order valence-electron chi connectivity index (χ2n) is 8.24. The van der Waals surface area contributed by atoms with Crippen LogP contribution in [-0.4, -0.2) is 32.4 Å². The smallest absolute Gasteiger partial charge is 0.263 e. The van der Waals surface area contributed by atoms with E-state index in [0.29, 0.717) is 10.2 Å². The van der Waals surface area contributed by atoms with E-state index in [4.69, 9.17) is 0 Å². The van der Waals surface area contributed by atoms with Crippen molar-refractivity contribution in [3.05, 3.63) is 51.4 Å². The molecule has 1 aliphatic rings. The van der Waals surface area contributed by atoms with Gasteiger partial charge in [-0.2, -0.15) is 0 Å². The molecule has 1 aromatic carbocycles. The molecule has 1 aliphatic heterocycles. The van der Waals surface area contributed by atoms with E-state index in [2.05, 4.69) is 44.8 Å². The van der Waals surface area contributed by atoms with Gasteiger partial charge in [0.2, 0.25) is 5.91 Å². The lowest BCUT2D eigenvalue weighted by molar-refractivity contribution is -0.138. The fourth-order valence-corrected chi connectivity index (χ4v) is 5.25. The molecule has 0 spiro atoms.